The quantitative estimate of drug-likeness (QED) is 0.817. The van der Waals surface area contributed by atoms with Gasteiger partial charge in [0, 0.05) is 10.6 Å². The summed E-state index contributed by atoms with van der Waals surface area (Å²) in [4.78, 5) is 14.0. The van der Waals surface area contributed by atoms with Crippen LogP contribution in [0.5, 0.6) is 0 Å². The number of thioether (sulfide) groups is 1. The highest BCUT2D eigenvalue weighted by molar-refractivity contribution is 7.98. The molecular weight excluding hydrogens is 238 g/mol. The summed E-state index contributed by atoms with van der Waals surface area (Å²) in [5, 5.41) is 2.78. The van der Waals surface area contributed by atoms with Gasteiger partial charge in [0.15, 0.2) is 0 Å². The molecule has 1 atom stereocenters. The van der Waals surface area contributed by atoms with Crippen LogP contribution in [0.1, 0.15) is 27.0 Å². The minimum absolute atomic E-state index is 0.0464. The molecule has 1 N–H and O–H groups in total. The van der Waals surface area contributed by atoms with Crippen LogP contribution >= 0.6 is 23.1 Å². The number of nitrogens with one attached hydrogen (secondary N) is 1. The fourth-order valence-corrected chi connectivity index (χ4v) is 3.84. The van der Waals surface area contributed by atoms with Gasteiger partial charge in [-0.1, -0.05) is 5.92 Å². The molecule has 0 saturated carbocycles. The Hall–Kier alpha value is -0.920. The van der Waals surface area contributed by atoms with E-state index in [0.29, 0.717) is 0 Å². The maximum Gasteiger partial charge on any atom is 0.262 e. The van der Waals surface area contributed by atoms with Crippen molar-refractivity contribution >= 4 is 29.0 Å². The third kappa shape index (κ3) is 2.42. The maximum absolute atomic E-state index is 11.8. The van der Waals surface area contributed by atoms with Gasteiger partial charge >= 0.3 is 0 Å². The molecule has 4 heteroatoms. The monoisotopic (exact) mass is 251 g/mol. The van der Waals surface area contributed by atoms with Gasteiger partial charge in [-0.3, -0.25) is 4.79 Å². The lowest BCUT2D eigenvalue weighted by Crippen LogP contribution is -2.30. The molecule has 1 amide bonds. The van der Waals surface area contributed by atoms with Crippen LogP contribution in [0.2, 0.25) is 0 Å². The molecule has 2 nitrogen and oxygen atoms in total. The first-order valence-corrected chi connectivity index (χ1v) is 7.14. The Labute approximate surface area is 104 Å². The van der Waals surface area contributed by atoms with Crippen molar-refractivity contribution in [2.75, 3.05) is 5.75 Å². The Morgan fingerprint density at radius 3 is 3.19 bits per heavy atom. The third-order valence-corrected chi connectivity index (χ3v) is 4.69. The van der Waals surface area contributed by atoms with Gasteiger partial charge < -0.3 is 5.32 Å². The topological polar surface area (TPSA) is 29.1 Å². The number of carbonyl (C=O) groups is 1. The van der Waals surface area contributed by atoms with E-state index in [4.69, 9.17) is 6.42 Å². The van der Waals surface area contributed by atoms with Crippen molar-refractivity contribution in [1.29, 1.82) is 0 Å². The highest BCUT2D eigenvalue weighted by Crippen LogP contribution is 2.31. The van der Waals surface area contributed by atoms with E-state index in [1.807, 2.05) is 17.8 Å². The van der Waals surface area contributed by atoms with Crippen LogP contribution in [0.15, 0.2) is 6.07 Å². The molecule has 0 saturated heterocycles. The lowest BCUT2D eigenvalue weighted by molar-refractivity contribution is 0.0952. The fourth-order valence-electron chi connectivity index (χ4n) is 1.57. The summed E-state index contributed by atoms with van der Waals surface area (Å²) in [6.45, 7) is 1.81. The molecule has 1 unspecified atom stereocenters. The van der Waals surface area contributed by atoms with Gasteiger partial charge in [-0.25, -0.2) is 0 Å². The summed E-state index contributed by atoms with van der Waals surface area (Å²) in [5.74, 6) is 4.64. The van der Waals surface area contributed by atoms with Crippen molar-refractivity contribution in [2.45, 2.75) is 25.1 Å². The second kappa shape index (κ2) is 4.94. The minimum atomic E-state index is -0.207. The number of amides is 1. The summed E-state index contributed by atoms with van der Waals surface area (Å²) in [5.41, 5.74) is 1.32. The van der Waals surface area contributed by atoms with Crippen LogP contribution in [0.3, 0.4) is 0 Å². The van der Waals surface area contributed by atoms with Gasteiger partial charge in [-0.05, 0) is 30.7 Å². The van der Waals surface area contributed by atoms with E-state index in [1.165, 1.54) is 10.4 Å². The highest BCUT2D eigenvalue weighted by atomic mass is 32.2. The van der Waals surface area contributed by atoms with Crippen molar-refractivity contribution in [2.24, 2.45) is 0 Å². The molecule has 1 aromatic rings. The van der Waals surface area contributed by atoms with Crippen molar-refractivity contribution < 1.29 is 4.79 Å². The van der Waals surface area contributed by atoms with Crippen LogP contribution < -0.4 is 5.32 Å². The maximum atomic E-state index is 11.8. The summed E-state index contributed by atoms with van der Waals surface area (Å²) >= 11 is 3.53. The lowest BCUT2D eigenvalue weighted by atomic mass is 10.2. The predicted molar refractivity (Wildman–Crippen MR) is 69.9 cm³/mol. The molecule has 2 rings (SSSR count). The largest absolute Gasteiger partial charge is 0.338 e. The molecule has 0 aromatic carbocycles. The van der Waals surface area contributed by atoms with E-state index in [0.717, 1.165) is 22.8 Å². The fraction of sp³-hybridized carbons (Fsp3) is 0.417. The van der Waals surface area contributed by atoms with Crippen LogP contribution in [0.25, 0.3) is 0 Å². The Balaban J connectivity index is 2.12. The standard InChI is InChI=1S/C12H13NOS2/c1-3-8(2)13-12(14)11-6-9-7-15-5-4-10(9)16-11/h1,6,8H,4-5,7H2,2H3,(H,13,14). The summed E-state index contributed by atoms with van der Waals surface area (Å²) in [6, 6.07) is 1.80. The Kier molecular flexibility index (Phi) is 3.57. The summed E-state index contributed by atoms with van der Waals surface area (Å²) in [7, 11) is 0. The lowest BCUT2D eigenvalue weighted by Gasteiger charge is -2.08. The Bertz CT molecular complexity index is 421. The van der Waals surface area contributed by atoms with Crippen molar-refractivity contribution in [3.8, 4) is 12.3 Å². The first-order valence-electron chi connectivity index (χ1n) is 5.17. The molecule has 16 heavy (non-hydrogen) atoms. The van der Waals surface area contributed by atoms with Crippen molar-refractivity contribution in [3.05, 3.63) is 21.4 Å². The molecular formula is C12H13NOS2. The molecule has 84 valence electrons. The van der Waals surface area contributed by atoms with Crippen LogP contribution in [0, 0.1) is 12.3 Å². The highest BCUT2D eigenvalue weighted by Gasteiger charge is 2.17. The summed E-state index contributed by atoms with van der Waals surface area (Å²) in [6.07, 6.45) is 6.32. The average molecular weight is 251 g/mol. The first kappa shape index (κ1) is 11.6. The van der Waals surface area contributed by atoms with Gasteiger partial charge in [0.1, 0.15) is 0 Å². The zero-order valence-electron chi connectivity index (χ0n) is 9.08. The minimum Gasteiger partial charge on any atom is -0.338 e. The smallest absolute Gasteiger partial charge is 0.262 e. The van der Waals surface area contributed by atoms with Gasteiger partial charge in [0.2, 0.25) is 0 Å². The number of thiophene rings is 1. The summed E-state index contributed by atoms with van der Waals surface area (Å²) < 4.78 is 0. The number of aryl methyl sites for hydroxylation is 1. The number of fused-ring (bicyclic) bond motifs is 1. The van der Waals surface area contributed by atoms with Gasteiger partial charge in [0.25, 0.3) is 5.91 Å². The zero-order chi connectivity index (χ0) is 11.5. The molecule has 0 aliphatic carbocycles. The number of rotatable bonds is 2. The molecule has 0 fully saturated rings. The number of hydrogen-bond donors (Lipinski definition) is 1. The second-order valence-electron chi connectivity index (χ2n) is 3.72. The van der Waals surface area contributed by atoms with E-state index in [-0.39, 0.29) is 11.9 Å². The van der Waals surface area contributed by atoms with Crippen LogP contribution in [-0.2, 0) is 12.2 Å². The number of terminal acetylenes is 1. The molecule has 0 bridgehead atoms. The normalized spacial score (nSPS) is 16.0. The van der Waals surface area contributed by atoms with E-state index >= 15 is 0 Å². The Morgan fingerprint density at radius 2 is 2.50 bits per heavy atom. The van der Waals surface area contributed by atoms with Gasteiger partial charge in [-0.2, -0.15) is 11.8 Å². The van der Waals surface area contributed by atoms with E-state index in [9.17, 15) is 4.79 Å². The number of carbonyl (C=O) groups excluding carboxylic acids is 1. The second-order valence-corrected chi connectivity index (χ2v) is 5.97. The average Bonchev–Trinajstić information content (AvgIpc) is 2.72. The Morgan fingerprint density at radius 1 is 1.69 bits per heavy atom. The molecule has 2 heterocycles. The van der Waals surface area contributed by atoms with Gasteiger partial charge in [-0.15, -0.1) is 17.8 Å². The molecule has 1 aliphatic rings. The van der Waals surface area contributed by atoms with Crippen molar-refractivity contribution in [3.63, 3.8) is 0 Å². The van der Waals surface area contributed by atoms with E-state index < -0.39 is 0 Å². The van der Waals surface area contributed by atoms with Crippen LogP contribution in [0.4, 0.5) is 0 Å². The predicted octanol–water partition coefficient (Wildman–Crippen LogP) is 2.29. The van der Waals surface area contributed by atoms with Crippen molar-refractivity contribution in [1.82, 2.24) is 5.32 Å². The zero-order valence-corrected chi connectivity index (χ0v) is 10.7. The molecule has 0 radical (unpaired) electrons. The van der Waals surface area contributed by atoms with Gasteiger partial charge in [0.05, 0.1) is 10.9 Å². The van der Waals surface area contributed by atoms with Crippen LogP contribution in [-0.4, -0.2) is 17.7 Å². The molecule has 1 aromatic heterocycles. The molecule has 0 spiro atoms. The number of hydrogen-bond acceptors (Lipinski definition) is 3. The first-order chi connectivity index (χ1) is 7.70. The van der Waals surface area contributed by atoms with E-state index in [2.05, 4.69) is 11.2 Å². The SMILES string of the molecule is C#CC(C)NC(=O)c1cc2c(s1)CCSC2. The van der Waals surface area contributed by atoms with E-state index in [1.54, 1.807) is 18.3 Å². The molecule has 1 aliphatic heterocycles. The third-order valence-electron chi connectivity index (χ3n) is 2.45.